The summed E-state index contributed by atoms with van der Waals surface area (Å²) in [6.07, 6.45) is 0.995. The van der Waals surface area contributed by atoms with E-state index in [0.29, 0.717) is 10.8 Å². The Bertz CT molecular complexity index is 1280. The third kappa shape index (κ3) is 4.20. The van der Waals surface area contributed by atoms with Gasteiger partial charge in [-0.05, 0) is 30.3 Å². The van der Waals surface area contributed by atoms with Crippen LogP contribution in [0.2, 0.25) is 5.02 Å². The summed E-state index contributed by atoms with van der Waals surface area (Å²) in [5.41, 5.74) is 3.79. The number of nitrogens with one attached hydrogen (secondary N) is 2. The summed E-state index contributed by atoms with van der Waals surface area (Å²) in [6, 6.07) is 13.8. The van der Waals surface area contributed by atoms with Crippen LogP contribution in [0.4, 0.5) is 0 Å². The lowest BCUT2D eigenvalue weighted by Crippen LogP contribution is -2.11. The fourth-order valence-electron chi connectivity index (χ4n) is 2.97. The molecule has 4 aromatic rings. The van der Waals surface area contributed by atoms with Crippen LogP contribution in [0.15, 0.2) is 46.9 Å². The summed E-state index contributed by atoms with van der Waals surface area (Å²) in [7, 11) is -3.49. The second kappa shape index (κ2) is 7.44. The van der Waals surface area contributed by atoms with Gasteiger partial charge in [0.2, 0.25) is 0 Å². The number of ether oxygens (including phenoxy) is 1. The first kappa shape index (κ1) is 19.3. The summed E-state index contributed by atoms with van der Waals surface area (Å²) in [6.45, 7) is -0.00342. The molecule has 0 radical (unpaired) electrons. The van der Waals surface area contributed by atoms with Crippen LogP contribution in [-0.2, 0) is 14.3 Å². The van der Waals surface area contributed by atoms with Crippen molar-refractivity contribution in [1.82, 2.24) is 9.97 Å². The molecule has 0 atom stereocenters. The maximum absolute atomic E-state index is 11.0. The van der Waals surface area contributed by atoms with Gasteiger partial charge in [0, 0.05) is 32.3 Å². The Morgan fingerprint density at radius 3 is 2.36 bits per heavy atom. The van der Waals surface area contributed by atoms with E-state index in [9.17, 15) is 8.42 Å². The van der Waals surface area contributed by atoms with Crippen LogP contribution in [0, 0.1) is 0 Å². The molecule has 2 aromatic heterocycles. The third-order valence-corrected chi connectivity index (χ3v) is 5.57. The molecule has 0 amide bonds. The van der Waals surface area contributed by atoms with Crippen LogP contribution in [-0.4, -0.2) is 37.9 Å². The molecule has 4 rings (SSSR count). The Labute approximate surface area is 175 Å². The van der Waals surface area contributed by atoms with Gasteiger partial charge >= 0.3 is 0 Å². The first-order valence-electron chi connectivity index (χ1n) is 8.37. The van der Waals surface area contributed by atoms with Crippen molar-refractivity contribution >= 4 is 59.5 Å². The molecule has 0 aliphatic rings. The highest BCUT2D eigenvalue weighted by Crippen LogP contribution is 2.33. The van der Waals surface area contributed by atoms with Gasteiger partial charge < -0.3 is 14.7 Å². The van der Waals surface area contributed by atoms with Gasteiger partial charge in [0.15, 0.2) is 0 Å². The normalized spacial score (nSPS) is 12.1. The Balaban J connectivity index is 1.59. The molecule has 0 aliphatic heterocycles. The first-order valence-corrected chi connectivity index (χ1v) is 11.4. The van der Waals surface area contributed by atoms with Crippen molar-refractivity contribution in [2.24, 2.45) is 0 Å². The molecular weight excluding hydrogens is 468 g/mol. The smallest absolute Gasteiger partial charge is 0.264 e. The standard InChI is InChI=1S/C19H16BrClN2O4S/c1-28(24,25)27-5-4-26-19-10-16-12(6-14(19)21)8-18(23-16)17-7-11-2-3-13(20)9-15(11)22-17/h2-3,6-10,22-23H,4-5H2,1H3. The van der Waals surface area contributed by atoms with Crippen LogP contribution in [0.5, 0.6) is 5.75 Å². The minimum absolute atomic E-state index is 0.0722. The quantitative estimate of drug-likeness (QED) is 0.296. The predicted octanol–water partition coefficient (Wildman–Crippen LogP) is 5.09. The molecule has 0 saturated heterocycles. The van der Waals surface area contributed by atoms with Crippen LogP contribution in [0.3, 0.4) is 0 Å². The lowest BCUT2D eigenvalue weighted by atomic mass is 10.2. The van der Waals surface area contributed by atoms with E-state index < -0.39 is 10.1 Å². The number of rotatable bonds is 6. The molecule has 6 nitrogen and oxygen atoms in total. The maximum Gasteiger partial charge on any atom is 0.264 e. The fraction of sp³-hybridized carbons (Fsp3) is 0.158. The molecular formula is C19H16BrClN2O4S. The number of hydrogen-bond acceptors (Lipinski definition) is 4. The molecule has 2 aromatic carbocycles. The molecule has 28 heavy (non-hydrogen) atoms. The van der Waals surface area contributed by atoms with Gasteiger partial charge in [-0.1, -0.05) is 33.6 Å². The summed E-state index contributed by atoms with van der Waals surface area (Å²) in [5.74, 6) is 0.459. The predicted molar refractivity (Wildman–Crippen MR) is 115 cm³/mol. The van der Waals surface area contributed by atoms with Crippen LogP contribution >= 0.6 is 27.5 Å². The van der Waals surface area contributed by atoms with Gasteiger partial charge in [0.1, 0.15) is 19.0 Å². The third-order valence-electron chi connectivity index (χ3n) is 4.19. The highest BCUT2D eigenvalue weighted by atomic mass is 79.9. The zero-order valence-corrected chi connectivity index (χ0v) is 17.9. The van der Waals surface area contributed by atoms with E-state index in [1.165, 1.54) is 0 Å². The zero-order chi connectivity index (χ0) is 19.9. The number of benzene rings is 2. The summed E-state index contributed by atoms with van der Waals surface area (Å²) in [5, 5.41) is 2.50. The summed E-state index contributed by atoms with van der Waals surface area (Å²) < 4.78 is 33.2. The molecule has 0 unspecified atom stereocenters. The second-order valence-electron chi connectivity index (χ2n) is 6.34. The number of aromatic nitrogens is 2. The van der Waals surface area contributed by atoms with Crippen molar-refractivity contribution in [3.05, 3.63) is 52.0 Å². The molecule has 0 spiro atoms. The van der Waals surface area contributed by atoms with E-state index in [4.69, 9.17) is 16.3 Å². The largest absolute Gasteiger partial charge is 0.489 e. The molecule has 0 bridgehead atoms. The van der Waals surface area contributed by atoms with Crippen molar-refractivity contribution in [2.75, 3.05) is 19.5 Å². The van der Waals surface area contributed by atoms with E-state index in [1.54, 1.807) is 6.07 Å². The number of fused-ring (bicyclic) bond motifs is 2. The highest BCUT2D eigenvalue weighted by molar-refractivity contribution is 9.10. The average Bonchev–Trinajstić information content (AvgIpc) is 3.20. The lowest BCUT2D eigenvalue weighted by Gasteiger charge is -2.08. The van der Waals surface area contributed by atoms with Gasteiger partial charge in [-0.15, -0.1) is 0 Å². The van der Waals surface area contributed by atoms with Gasteiger partial charge in [0.25, 0.3) is 10.1 Å². The average molecular weight is 484 g/mol. The highest BCUT2D eigenvalue weighted by Gasteiger charge is 2.11. The van der Waals surface area contributed by atoms with Crippen molar-refractivity contribution < 1.29 is 17.3 Å². The summed E-state index contributed by atoms with van der Waals surface area (Å²) >= 11 is 9.78. The van der Waals surface area contributed by atoms with E-state index in [0.717, 1.165) is 43.9 Å². The minimum Gasteiger partial charge on any atom is -0.489 e. The van der Waals surface area contributed by atoms with Crippen molar-refractivity contribution in [2.45, 2.75) is 0 Å². The van der Waals surface area contributed by atoms with Crippen molar-refractivity contribution in [3.63, 3.8) is 0 Å². The number of H-pyrrole nitrogens is 2. The van der Waals surface area contributed by atoms with Crippen LogP contribution in [0.25, 0.3) is 33.2 Å². The Kier molecular flexibility index (Phi) is 5.13. The molecule has 9 heteroatoms. The maximum atomic E-state index is 11.0. The first-order chi connectivity index (χ1) is 13.3. The van der Waals surface area contributed by atoms with Gasteiger partial charge in [-0.2, -0.15) is 8.42 Å². The lowest BCUT2D eigenvalue weighted by molar-refractivity contribution is 0.222. The number of halogens is 2. The van der Waals surface area contributed by atoms with E-state index in [2.05, 4.69) is 36.1 Å². The summed E-state index contributed by atoms with van der Waals surface area (Å²) in [4.78, 5) is 6.76. The minimum atomic E-state index is -3.49. The molecule has 146 valence electrons. The van der Waals surface area contributed by atoms with E-state index >= 15 is 0 Å². The molecule has 2 N–H and O–H groups in total. The number of hydrogen-bond donors (Lipinski definition) is 2. The molecule has 0 aliphatic carbocycles. The Morgan fingerprint density at radius 2 is 1.64 bits per heavy atom. The Hall–Kier alpha value is -2.00. The topological polar surface area (TPSA) is 84.2 Å². The van der Waals surface area contributed by atoms with Crippen LogP contribution < -0.4 is 4.74 Å². The van der Waals surface area contributed by atoms with Crippen LogP contribution in [0.1, 0.15) is 0 Å². The van der Waals surface area contributed by atoms with Gasteiger partial charge in [0.05, 0.1) is 22.7 Å². The fourth-order valence-corrected chi connectivity index (χ4v) is 3.93. The van der Waals surface area contributed by atoms with E-state index in [1.807, 2.05) is 30.3 Å². The molecule has 2 heterocycles. The van der Waals surface area contributed by atoms with Gasteiger partial charge in [-0.25, -0.2) is 0 Å². The monoisotopic (exact) mass is 482 g/mol. The Morgan fingerprint density at radius 1 is 0.964 bits per heavy atom. The SMILES string of the molecule is CS(=O)(=O)OCCOc1cc2[nH]c(-c3cc4ccc(Br)cc4[nH]3)cc2cc1Cl. The number of aromatic amines is 2. The van der Waals surface area contributed by atoms with Crippen molar-refractivity contribution in [1.29, 1.82) is 0 Å². The second-order valence-corrected chi connectivity index (χ2v) is 9.31. The van der Waals surface area contributed by atoms with Crippen molar-refractivity contribution in [3.8, 4) is 17.1 Å². The van der Waals surface area contributed by atoms with E-state index in [-0.39, 0.29) is 13.2 Å². The molecule has 0 saturated carbocycles. The molecule has 0 fully saturated rings. The zero-order valence-electron chi connectivity index (χ0n) is 14.8. The van der Waals surface area contributed by atoms with Gasteiger partial charge in [-0.3, -0.25) is 4.18 Å².